The maximum atomic E-state index is 13.5. The van der Waals surface area contributed by atoms with Crippen LogP contribution in [0.4, 0.5) is 0 Å². The number of hydrogen-bond donors (Lipinski definition) is 0. The normalized spacial score (nSPS) is 14.2. The van der Waals surface area contributed by atoms with Gasteiger partial charge in [-0.2, -0.15) is 0 Å². The molecule has 0 atom stereocenters. The molecule has 0 unspecified atom stereocenters. The lowest BCUT2D eigenvalue weighted by Crippen LogP contribution is -2.47. The van der Waals surface area contributed by atoms with Crippen molar-refractivity contribution in [1.29, 1.82) is 0 Å². The largest absolute Gasteiger partial charge is 0.464 e. The Morgan fingerprint density at radius 1 is 0.941 bits per heavy atom. The second kappa shape index (κ2) is 13.9. The van der Waals surface area contributed by atoms with Gasteiger partial charge in [0.15, 0.2) is 0 Å². The van der Waals surface area contributed by atoms with Gasteiger partial charge in [-0.3, -0.25) is 14.5 Å². The van der Waals surface area contributed by atoms with Crippen LogP contribution in [-0.2, 0) is 27.4 Å². The second-order valence-electron chi connectivity index (χ2n) is 8.97. The summed E-state index contributed by atoms with van der Waals surface area (Å²) in [7, 11) is 0. The topological polar surface area (TPSA) is 66.2 Å². The zero-order valence-corrected chi connectivity index (χ0v) is 20.7. The van der Waals surface area contributed by atoms with Crippen LogP contribution in [0.5, 0.6) is 0 Å². The van der Waals surface area contributed by atoms with E-state index in [1.165, 1.54) is 0 Å². The summed E-state index contributed by atoms with van der Waals surface area (Å²) in [5.41, 5.74) is 1.05. The zero-order valence-electron chi connectivity index (χ0n) is 20.7. The molecule has 2 aromatic rings. The van der Waals surface area contributed by atoms with Crippen molar-refractivity contribution in [2.45, 2.75) is 52.6 Å². The summed E-state index contributed by atoms with van der Waals surface area (Å²) in [5.74, 6) is 1.56. The summed E-state index contributed by atoms with van der Waals surface area (Å²) in [6.45, 7) is 9.44. The van der Waals surface area contributed by atoms with E-state index in [-0.39, 0.29) is 18.4 Å². The van der Waals surface area contributed by atoms with E-state index in [9.17, 15) is 9.59 Å². The third-order valence-corrected chi connectivity index (χ3v) is 6.17. The third-order valence-electron chi connectivity index (χ3n) is 6.17. The average Bonchev–Trinajstić information content (AvgIpc) is 3.27. The van der Waals surface area contributed by atoms with Crippen LogP contribution in [-0.4, -0.2) is 72.5 Å². The minimum absolute atomic E-state index is 0.0589. The monoisotopic (exact) mass is 469 g/mol. The number of carbonyl (C=O) groups excluding carboxylic acids is 2. The molecule has 3 rings (SSSR count). The van der Waals surface area contributed by atoms with E-state index in [0.717, 1.165) is 69.2 Å². The fourth-order valence-corrected chi connectivity index (χ4v) is 4.12. The van der Waals surface area contributed by atoms with E-state index in [4.69, 9.17) is 9.15 Å². The molecule has 1 aliphatic rings. The van der Waals surface area contributed by atoms with E-state index >= 15 is 0 Å². The summed E-state index contributed by atoms with van der Waals surface area (Å²) in [6.07, 6.45) is 3.43. The van der Waals surface area contributed by atoms with Crippen molar-refractivity contribution >= 4 is 11.8 Å². The molecule has 1 saturated heterocycles. The highest BCUT2D eigenvalue weighted by atomic mass is 16.5. The van der Waals surface area contributed by atoms with Crippen molar-refractivity contribution in [2.24, 2.45) is 0 Å². The molecule has 34 heavy (non-hydrogen) atoms. The van der Waals surface area contributed by atoms with E-state index < -0.39 is 0 Å². The van der Waals surface area contributed by atoms with E-state index in [1.807, 2.05) is 49.4 Å². The van der Waals surface area contributed by atoms with E-state index in [0.29, 0.717) is 26.1 Å². The van der Waals surface area contributed by atoms with Crippen molar-refractivity contribution in [3.8, 4) is 0 Å². The number of aryl methyl sites for hydroxylation is 1. The Bertz CT molecular complexity index is 877. The molecule has 1 aromatic heterocycles. The first-order valence-electron chi connectivity index (χ1n) is 12.5. The molecule has 0 radical (unpaired) electrons. The summed E-state index contributed by atoms with van der Waals surface area (Å²) < 4.78 is 11.2. The van der Waals surface area contributed by atoms with Crippen LogP contribution in [0.2, 0.25) is 0 Å². The number of carbonyl (C=O) groups is 2. The highest BCUT2D eigenvalue weighted by molar-refractivity contribution is 5.84. The summed E-state index contributed by atoms with van der Waals surface area (Å²) in [6, 6.07) is 13.8. The zero-order chi connectivity index (χ0) is 24.2. The summed E-state index contributed by atoms with van der Waals surface area (Å²) in [4.78, 5) is 32.4. The Hall–Kier alpha value is -2.64. The predicted octanol–water partition coefficient (Wildman–Crippen LogP) is 3.86. The average molecular weight is 470 g/mol. The van der Waals surface area contributed by atoms with Gasteiger partial charge < -0.3 is 19.0 Å². The molecule has 0 N–H and O–H groups in total. The quantitative estimate of drug-likeness (QED) is 0.417. The van der Waals surface area contributed by atoms with Crippen LogP contribution in [0, 0.1) is 6.92 Å². The van der Waals surface area contributed by atoms with Crippen LogP contribution in [0.3, 0.4) is 0 Å². The fourth-order valence-electron chi connectivity index (χ4n) is 4.12. The Morgan fingerprint density at radius 2 is 1.71 bits per heavy atom. The minimum atomic E-state index is -0.0660. The number of morpholine rings is 1. The first-order chi connectivity index (χ1) is 16.5. The van der Waals surface area contributed by atoms with Crippen molar-refractivity contribution in [2.75, 3.05) is 45.9 Å². The van der Waals surface area contributed by atoms with E-state index in [1.54, 1.807) is 9.80 Å². The standard InChI is InChI=1S/C27H39N3O4/c1-3-4-6-11-26(31)29(15-14-28-16-18-33-19-17-28)22-27(32)30(20-24-9-7-5-8-10-24)21-25-13-12-23(2)34-25/h5,7-10,12-13H,3-4,6,11,14-22H2,1-2H3. The number of hydrogen-bond acceptors (Lipinski definition) is 5. The van der Waals surface area contributed by atoms with Crippen molar-refractivity contribution in [3.05, 3.63) is 59.5 Å². The molecule has 2 amide bonds. The van der Waals surface area contributed by atoms with Gasteiger partial charge in [-0.25, -0.2) is 0 Å². The number of unbranched alkanes of at least 4 members (excludes halogenated alkanes) is 2. The van der Waals surface area contributed by atoms with Gasteiger partial charge in [-0.1, -0.05) is 50.1 Å². The molecule has 1 aliphatic heterocycles. The molecular weight excluding hydrogens is 430 g/mol. The highest BCUT2D eigenvalue weighted by Crippen LogP contribution is 2.14. The molecule has 1 aromatic carbocycles. The van der Waals surface area contributed by atoms with Gasteiger partial charge in [0, 0.05) is 39.1 Å². The first-order valence-corrected chi connectivity index (χ1v) is 12.5. The van der Waals surface area contributed by atoms with Crippen LogP contribution in [0.15, 0.2) is 46.9 Å². The minimum Gasteiger partial charge on any atom is -0.464 e. The summed E-state index contributed by atoms with van der Waals surface area (Å²) in [5, 5.41) is 0. The number of amides is 2. The smallest absolute Gasteiger partial charge is 0.242 e. The Kier molecular flexibility index (Phi) is 10.6. The molecule has 7 heteroatoms. The Labute approximate surface area is 203 Å². The maximum Gasteiger partial charge on any atom is 0.242 e. The molecule has 2 heterocycles. The molecule has 0 bridgehead atoms. The maximum absolute atomic E-state index is 13.5. The summed E-state index contributed by atoms with van der Waals surface area (Å²) >= 11 is 0. The molecule has 0 spiro atoms. The number of furan rings is 1. The fraction of sp³-hybridized carbons (Fsp3) is 0.556. The Morgan fingerprint density at radius 3 is 2.38 bits per heavy atom. The van der Waals surface area contributed by atoms with Crippen molar-refractivity contribution in [3.63, 3.8) is 0 Å². The molecular formula is C27H39N3O4. The second-order valence-corrected chi connectivity index (χ2v) is 8.97. The van der Waals surface area contributed by atoms with Gasteiger partial charge >= 0.3 is 0 Å². The van der Waals surface area contributed by atoms with E-state index in [2.05, 4.69) is 11.8 Å². The molecule has 1 fully saturated rings. The number of rotatable bonds is 13. The van der Waals surface area contributed by atoms with Crippen LogP contribution in [0.25, 0.3) is 0 Å². The lowest BCUT2D eigenvalue weighted by molar-refractivity contribution is -0.141. The lowest BCUT2D eigenvalue weighted by Gasteiger charge is -2.31. The van der Waals surface area contributed by atoms with Crippen LogP contribution in [0.1, 0.15) is 49.7 Å². The number of nitrogens with zero attached hydrogens (tertiary/aromatic N) is 3. The molecule has 7 nitrogen and oxygen atoms in total. The van der Waals surface area contributed by atoms with Crippen molar-refractivity contribution < 1.29 is 18.7 Å². The predicted molar refractivity (Wildman–Crippen MR) is 132 cm³/mol. The van der Waals surface area contributed by atoms with Crippen LogP contribution >= 0.6 is 0 Å². The number of ether oxygens (including phenoxy) is 1. The highest BCUT2D eigenvalue weighted by Gasteiger charge is 2.23. The van der Waals surface area contributed by atoms with Gasteiger partial charge in [-0.15, -0.1) is 0 Å². The third kappa shape index (κ3) is 8.61. The SMILES string of the molecule is CCCCCC(=O)N(CCN1CCOCC1)CC(=O)N(Cc1ccccc1)Cc1ccc(C)o1. The molecule has 0 aliphatic carbocycles. The Balaban J connectivity index is 1.69. The van der Waals surface area contributed by atoms with Crippen molar-refractivity contribution in [1.82, 2.24) is 14.7 Å². The van der Waals surface area contributed by atoms with Gasteiger partial charge in [0.05, 0.1) is 26.3 Å². The van der Waals surface area contributed by atoms with Gasteiger partial charge in [0.2, 0.25) is 11.8 Å². The van der Waals surface area contributed by atoms with Crippen LogP contribution < -0.4 is 0 Å². The molecule has 0 saturated carbocycles. The van der Waals surface area contributed by atoms with Gasteiger partial charge in [-0.05, 0) is 31.0 Å². The van der Waals surface area contributed by atoms with Gasteiger partial charge in [0.1, 0.15) is 11.5 Å². The number of benzene rings is 1. The first kappa shape index (κ1) is 26.0. The lowest BCUT2D eigenvalue weighted by atomic mass is 10.2. The molecule has 186 valence electrons. The van der Waals surface area contributed by atoms with Gasteiger partial charge in [0.25, 0.3) is 0 Å².